The van der Waals surface area contributed by atoms with E-state index in [1.807, 2.05) is 0 Å². The molecule has 0 aliphatic carbocycles. The van der Waals surface area contributed by atoms with Crippen molar-refractivity contribution in [2.45, 2.75) is 42.6 Å². The lowest BCUT2D eigenvalue weighted by atomic mass is 9.93. The Labute approximate surface area is 124 Å². The van der Waals surface area contributed by atoms with E-state index in [0.29, 0.717) is 0 Å². The summed E-state index contributed by atoms with van der Waals surface area (Å²) in [6.45, 7) is 1.52. The van der Waals surface area contributed by atoms with Crippen molar-refractivity contribution in [1.29, 1.82) is 0 Å². The summed E-state index contributed by atoms with van der Waals surface area (Å²) in [6, 6.07) is 6.46. The van der Waals surface area contributed by atoms with Gasteiger partial charge in [-0.15, -0.1) is 0 Å². The van der Waals surface area contributed by atoms with Crippen LogP contribution >= 0.6 is 11.8 Å². The number of thioether (sulfide) groups is 1. The van der Waals surface area contributed by atoms with Crippen molar-refractivity contribution in [3.05, 3.63) is 29.8 Å². The van der Waals surface area contributed by atoms with Crippen molar-refractivity contribution in [3.8, 4) is 11.5 Å². The summed E-state index contributed by atoms with van der Waals surface area (Å²) in [5.41, 5.74) is 2.83. The molecule has 2 atom stereocenters. The quantitative estimate of drug-likeness (QED) is 0.768. The second-order valence-electron chi connectivity index (χ2n) is 5.84. The largest absolute Gasteiger partial charge is 0.490 e. The second kappa shape index (κ2) is 5.36. The third-order valence-electron chi connectivity index (χ3n) is 4.33. The van der Waals surface area contributed by atoms with Gasteiger partial charge in [0.2, 0.25) is 0 Å². The summed E-state index contributed by atoms with van der Waals surface area (Å²) in [5, 5.41) is 1.55. The van der Waals surface area contributed by atoms with Gasteiger partial charge < -0.3 is 9.47 Å². The van der Waals surface area contributed by atoms with Crippen LogP contribution in [0.1, 0.15) is 37.7 Å². The number of fused-ring (bicyclic) bond motifs is 3. The predicted octanol–water partition coefficient (Wildman–Crippen LogP) is 4.29. The molecule has 0 spiro atoms. The van der Waals surface area contributed by atoms with E-state index in [4.69, 9.17) is 9.47 Å². The van der Waals surface area contributed by atoms with Crippen LogP contribution in [-0.4, -0.2) is 23.7 Å². The zero-order valence-corrected chi connectivity index (χ0v) is 12.5. The van der Waals surface area contributed by atoms with Gasteiger partial charge in [-0.2, -0.15) is 11.8 Å². The van der Waals surface area contributed by atoms with Crippen LogP contribution in [0.5, 0.6) is 11.5 Å². The molecule has 0 N–H and O–H groups in total. The van der Waals surface area contributed by atoms with Crippen molar-refractivity contribution in [2.75, 3.05) is 13.2 Å². The minimum Gasteiger partial charge on any atom is -0.490 e. The van der Waals surface area contributed by atoms with Crippen molar-refractivity contribution in [2.24, 2.45) is 0 Å². The number of benzene rings is 1. The van der Waals surface area contributed by atoms with Crippen LogP contribution < -0.4 is 9.47 Å². The van der Waals surface area contributed by atoms with Gasteiger partial charge in [-0.3, -0.25) is 0 Å². The zero-order valence-electron chi connectivity index (χ0n) is 11.6. The van der Waals surface area contributed by atoms with Gasteiger partial charge in [0.05, 0.1) is 13.2 Å². The van der Waals surface area contributed by atoms with Gasteiger partial charge >= 0.3 is 0 Å². The number of rotatable bonds is 1. The molecule has 1 aromatic carbocycles. The predicted molar refractivity (Wildman–Crippen MR) is 83.7 cm³/mol. The molecule has 0 radical (unpaired) electrons. The summed E-state index contributed by atoms with van der Waals surface area (Å²) in [7, 11) is 0. The van der Waals surface area contributed by atoms with E-state index >= 15 is 0 Å². The average Bonchev–Trinajstić information content (AvgIpc) is 2.71. The highest BCUT2D eigenvalue weighted by Gasteiger charge is 2.27. The highest BCUT2D eigenvalue weighted by Crippen LogP contribution is 2.44. The Morgan fingerprint density at radius 2 is 1.90 bits per heavy atom. The smallest absolute Gasteiger partial charge is 0.161 e. The fourth-order valence-electron chi connectivity index (χ4n) is 3.32. The Kier molecular flexibility index (Phi) is 3.39. The molecule has 106 valence electrons. The maximum atomic E-state index is 5.82. The first-order chi connectivity index (χ1) is 9.88. The summed E-state index contributed by atoms with van der Waals surface area (Å²) >= 11 is 2.17. The maximum absolute atomic E-state index is 5.82. The Bertz CT molecular complexity index is 538. The summed E-state index contributed by atoms with van der Waals surface area (Å²) in [6.07, 6.45) is 8.78. The van der Waals surface area contributed by atoms with Gasteiger partial charge in [-0.1, -0.05) is 18.6 Å². The third kappa shape index (κ3) is 2.44. The summed E-state index contributed by atoms with van der Waals surface area (Å²) < 4.78 is 11.5. The molecule has 3 aliphatic heterocycles. The molecule has 0 aromatic heterocycles. The molecule has 3 heteroatoms. The highest BCUT2D eigenvalue weighted by molar-refractivity contribution is 8.00. The van der Waals surface area contributed by atoms with Crippen molar-refractivity contribution < 1.29 is 9.47 Å². The van der Waals surface area contributed by atoms with E-state index in [2.05, 4.69) is 36.0 Å². The van der Waals surface area contributed by atoms with Gasteiger partial charge in [0.1, 0.15) is 0 Å². The van der Waals surface area contributed by atoms with Gasteiger partial charge in [-0.05, 0) is 42.5 Å². The molecule has 1 aromatic rings. The van der Waals surface area contributed by atoms with E-state index < -0.39 is 0 Å². The van der Waals surface area contributed by atoms with Crippen molar-refractivity contribution in [1.82, 2.24) is 0 Å². The van der Waals surface area contributed by atoms with Crippen LogP contribution in [0.3, 0.4) is 0 Å². The second-order valence-corrected chi connectivity index (χ2v) is 7.38. The number of hydrogen-bond donors (Lipinski definition) is 0. The lowest BCUT2D eigenvalue weighted by Gasteiger charge is -2.33. The minimum atomic E-state index is 0.730. The Morgan fingerprint density at radius 3 is 2.80 bits per heavy atom. The standard InChI is InChI=1S/C17H20O2S/c1-3-14-9-13(10-15(4-1)20-14)12-5-6-16-17(11-12)19-8-2-7-18-16/h5-6,9,11,14-15H,1-4,7-8,10H2. The molecular weight excluding hydrogens is 268 g/mol. The Hall–Kier alpha value is -1.09. The number of allylic oxidation sites excluding steroid dienone is 1. The molecule has 2 nitrogen and oxygen atoms in total. The normalized spacial score (nSPS) is 28.5. The summed E-state index contributed by atoms with van der Waals surface area (Å²) in [4.78, 5) is 0. The van der Waals surface area contributed by atoms with Crippen LogP contribution in [-0.2, 0) is 0 Å². The third-order valence-corrected chi connectivity index (χ3v) is 5.84. The number of ether oxygens (including phenoxy) is 2. The van der Waals surface area contributed by atoms with Crippen LogP contribution in [0.25, 0.3) is 5.57 Å². The van der Waals surface area contributed by atoms with Gasteiger partial charge in [0, 0.05) is 16.9 Å². The van der Waals surface area contributed by atoms with E-state index in [-0.39, 0.29) is 0 Å². The summed E-state index contributed by atoms with van der Waals surface area (Å²) in [5.74, 6) is 1.82. The van der Waals surface area contributed by atoms with E-state index in [9.17, 15) is 0 Å². The SMILES string of the molecule is C1=C(c2ccc3c(c2)OCCCO3)CC2CCCC1S2. The van der Waals surface area contributed by atoms with E-state index in [1.165, 1.54) is 36.8 Å². The molecule has 4 rings (SSSR count). The highest BCUT2D eigenvalue weighted by atomic mass is 32.2. The monoisotopic (exact) mass is 288 g/mol. The van der Waals surface area contributed by atoms with Crippen LogP contribution in [0.4, 0.5) is 0 Å². The average molecular weight is 288 g/mol. The fourth-order valence-corrected chi connectivity index (χ4v) is 4.94. The Balaban J connectivity index is 1.65. The number of hydrogen-bond acceptors (Lipinski definition) is 3. The van der Waals surface area contributed by atoms with Gasteiger partial charge in [-0.25, -0.2) is 0 Å². The van der Waals surface area contributed by atoms with Gasteiger partial charge in [0.15, 0.2) is 11.5 Å². The van der Waals surface area contributed by atoms with Crippen LogP contribution in [0, 0.1) is 0 Å². The van der Waals surface area contributed by atoms with E-state index in [1.54, 1.807) is 0 Å². The topological polar surface area (TPSA) is 18.5 Å². The van der Waals surface area contributed by atoms with Crippen LogP contribution in [0.2, 0.25) is 0 Å². The molecular formula is C17H20O2S. The maximum Gasteiger partial charge on any atom is 0.161 e. The minimum absolute atomic E-state index is 0.730. The molecule has 20 heavy (non-hydrogen) atoms. The molecule has 3 aliphatic rings. The van der Waals surface area contributed by atoms with E-state index in [0.717, 1.165) is 41.6 Å². The first-order valence-corrected chi connectivity index (χ1v) is 8.59. The first kappa shape index (κ1) is 12.6. The molecule has 1 saturated heterocycles. The lowest BCUT2D eigenvalue weighted by molar-refractivity contribution is 0.297. The molecule has 0 saturated carbocycles. The molecule has 3 heterocycles. The Morgan fingerprint density at radius 1 is 1.00 bits per heavy atom. The first-order valence-electron chi connectivity index (χ1n) is 7.65. The van der Waals surface area contributed by atoms with Crippen molar-refractivity contribution in [3.63, 3.8) is 0 Å². The molecule has 2 bridgehead atoms. The molecule has 1 fully saturated rings. The van der Waals surface area contributed by atoms with Gasteiger partial charge in [0.25, 0.3) is 0 Å². The lowest BCUT2D eigenvalue weighted by Crippen LogP contribution is -2.21. The molecule has 2 unspecified atom stereocenters. The fraction of sp³-hybridized carbons (Fsp3) is 0.529. The molecule has 0 amide bonds. The zero-order chi connectivity index (χ0) is 13.4. The van der Waals surface area contributed by atoms with Crippen LogP contribution in [0.15, 0.2) is 24.3 Å². The van der Waals surface area contributed by atoms with Crippen molar-refractivity contribution >= 4 is 17.3 Å².